The molecule has 1 saturated heterocycles. The number of imidazole rings is 1. The Kier molecular flexibility index (Phi) is 5.05. The number of carbonyl (C=O) groups is 1. The number of rotatable bonds is 5. The van der Waals surface area contributed by atoms with E-state index in [2.05, 4.69) is 45.1 Å². The molecule has 2 aromatic heterocycles. The van der Waals surface area contributed by atoms with Crippen LogP contribution in [0, 0.1) is 6.92 Å². The van der Waals surface area contributed by atoms with Crippen LogP contribution in [-0.4, -0.2) is 43.2 Å². The van der Waals surface area contributed by atoms with Crippen LogP contribution in [0.25, 0.3) is 0 Å². The summed E-state index contributed by atoms with van der Waals surface area (Å²) in [6.45, 7) is 4.70. The lowest BCUT2D eigenvalue weighted by Gasteiger charge is -2.32. The van der Waals surface area contributed by atoms with Crippen molar-refractivity contribution in [1.82, 2.24) is 24.2 Å². The largest absolute Gasteiger partial charge is 0.341 e. The molecule has 3 heterocycles. The van der Waals surface area contributed by atoms with Crippen LogP contribution >= 0.6 is 0 Å². The number of benzene rings is 1. The molecule has 1 aliphatic rings. The van der Waals surface area contributed by atoms with Crippen LogP contribution in [0.15, 0.2) is 55.0 Å². The average molecular weight is 363 g/mol. The number of carbonyl (C=O) groups excluding carboxylic acids is 1. The quantitative estimate of drug-likeness (QED) is 0.700. The maximum Gasteiger partial charge on any atom is 0.244 e. The number of amides is 1. The Labute approximate surface area is 159 Å². The molecule has 0 aliphatic carbocycles. The third kappa shape index (κ3) is 3.94. The predicted molar refractivity (Wildman–Crippen MR) is 103 cm³/mol. The first-order valence-electron chi connectivity index (χ1n) is 9.52. The number of piperidine rings is 1. The fourth-order valence-electron chi connectivity index (χ4n) is 3.77. The van der Waals surface area contributed by atoms with Crippen molar-refractivity contribution in [2.24, 2.45) is 0 Å². The van der Waals surface area contributed by atoms with Crippen molar-refractivity contribution in [1.29, 1.82) is 0 Å². The van der Waals surface area contributed by atoms with Crippen LogP contribution in [-0.2, 0) is 17.9 Å². The van der Waals surface area contributed by atoms with Gasteiger partial charge in [0.25, 0.3) is 0 Å². The first-order valence-corrected chi connectivity index (χ1v) is 9.52. The zero-order valence-corrected chi connectivity index (χ0v) is 15.7. The Morgan fingerprint density at radius 3 is 2.59 bits per heavy atom. The molecule has 1 fully saturated rings. The number of nitrogens with zero attached hydrogens (tertiary/aromatic N) is 5. The average Bonchev–Trinajstić information content (AvgIpc) is 3.32. The number of aryl methyl sites for hydroxylation is 1. The SMILES string of the molecule is Cc1ccnn1CC(=O)N1CCC(c2nccn2Cc2ccccc2)CC1. The second-order valence-electron chi connectivity index (χ2n) is 7.18. The molecule has 0 bridgehead atoms. The topological polar surface area (TPSA) is 56.0 Å². The van der Waals surface area contributed by atoms with Gasteiger partial charge in [0, 0.05) is 49.8 Å². The van der Waals surface area contributed by atoms with E-state index in [9.17, 15) is 4.79 Å². The third-order valence-corrected chi connectivity index (χ3v) is 5.37. The molecule has 6 nitrogen and oxygen atoms in total. The minimum Gasteiger partial charge on any atom is -0.341 e. The molecular weight excluding hydrogens is 338 g/mol. The highest BCUT2D eigenvalue weighted by Gasteiger charge is 2.26. The second kappa shape index (κ2) is 7.78. The lowest BCUT2D eigenvalue weighted by Crippen LogP contribution is -2.40. The Hall–Kier alpha value is -2.89. The van der Waals surface area contributed by atoms with Gasteiger partial charge in [0.05, 0.1) is 0 Å². The zero-order valence-electron chi connectivity index (χ0n) is 15.7. The van der Waals surface area contributed by atoms with E-state index in [0.717, 1.165) is 44.0 Å². The first-order chi connectivity index (χ1) is 13.2. The Bertz CT molecular complexity index is 890. The van der Waals surface area contributed by atoms with Crippen LogP contribution < -0.4 is 0 Å². The van der Waals surface area contributed by atoms with Gasteiger partial charge in [-0.05, 0) is 31.4 Å². The van der Waals surface area contributed by atoms with Gasteiger partial charge in [-0.2, -0.15) is 5.10 Å². The van der Waals surface area contributed by atoms with Gasteiger partial charge in [-0.15, -0.1) is 0 Å². The number of aromatic nitrogens is 4. The fourth-order valence-corrected chi connectivity index (χ4v) is 3.77. The molecule has 4 rings (SSSR count). The zero-order chi connectivity index (χ0) is 18.6. The highest BCUT2D eigenvalue weighted by atomic mass is 16.2. The molecule has 0 atom stereocenters. The Morgan fingerprint density at radius 2 is 1.89 bits per heavy atom. The predicted octanol–water partition coefficient (Wildman–Crippen LogP) is 2.84. The van der Waals surface area contributed by atoms with Crippen molar-refractivity contribution in [3.8, 4) is 0 Å². The van der Waals surface area contributed by atoms with Crippen molar-refractivity contribution in [2.75, 3.05) is 13.1 Å². The van der Waals surface area contributed by atoms with E-state index in [4.69, 9.17) is 0 Å². The van der Waals surface area contributed by atoms with Crippen LogP contribution in [0.1, 0.15) is 35.8 Å². The van der Waals surface area contributed by atoms with Gasteiger partial charge in [-0.25, -0.2) is 4.98 Å². The first kappa shape index (κ1) is 17.5. The van der Waals surface area contributed by atoms with E-state index in [0.29, 0.717) is 12.5 Å². The van der Waals surface area contributed by atoms with Crippen LogP contribution in [0.5, 0.6) is 0 Å². The summed E-state index contributed by atoms with van der Waals surface area (Å²) in [5, 5.41) is 4.21. The van der Waals surface area contributed by atoms with Gasteiger partial charge in [0.2, 0.25) is 5.91 Å². The maximum absolute atomic E-state index is 12.6. The van der Waals surface area contributed by atoms with Crippen molar-refractivity contribution >= 4 is 5.91 Å². The van der Waals surface area contributed by atoms with Gasteiger partial charge in [0.1, 0.15) is 12.4 Å². The Balaban J connectivity index is 1.36. The fraction of sp³-hybridized carbons (Fsp3) is 0.381. The molecule has 0 saturated carbocycles. The molecule has 1 aliphatic heterocycles. The lowest BCUT2D eigenvalue weighted by molar-refractivity contribution is -0.133. The summed E-state index contributed by atoms with van der Waals surface area (Å²) >= 11 is 0. The molecule has 6 heteroatoms. The summed E-state index contributed by atoms with van der Waals surface area (Å²) in [5.41, 5.74) is 2.29. The van der Waals surface area contributed by atoms with Crippen molar-refractivity contribution in [3.63, 3.8) is 0 Å². The summed E-state index contributed by atoms with van der Waals surface area (Å²) in [5.74, 6) is 1.68. The standard InChI is InChI=1S/C21H25N5O/c1-17-7-10-23-26(17)16-20(27)24-12-8-19(9-13-24)21-22-11-14-25(21)15-18-5-3-2-4-6-18/h2-7,10-11,14,19H,8-9,12-13,15-16H2,1H3. The summed E-state index contributed by atoms with van der Waals surface area (Å²) in [7, 11) is 0. The van der Waals surface area contributed by atoms with Crippen molar-refractivity contribution in [3.05, 3.63) is 72.1 Å². The summed E-state index contributed by atoms with van der Waals surface area (Å²) < 4.78 is 4.01. The lowest BCUT2D eigenvalue weighted by atomic mass is 9.95. The van der Waals surface area contributed by atoms with E-state index in [1.54, 1.807) is 10.9 Å². The molecule has 1 aromatic carbocycles. The highest BCUT2D eigenvalue weighted by Crippen LogP contribution is 2.27. The molecule has 3 aromatic rings. The minimum absolute atomic E-state index is 0.146. The van der Waals surface area contributed by atoms with Gasteiger partial charge in [-0.3, -0.25) is 9.48 Å². The van der Waals surface area contributed by atoms with Crippen LogP contribution in [0.4, 0.5) is 0 Å². The molecule has 1 amide bonds. The van der Waals surface area contributed by atoms with E-state index in [1.165, 1.54) is 5.56 Å². The molecule has 0 N–H and O–H groups in total. The highest BCUT2D eigenvalue weighted by molar-refractivity contribution is 5.76. The van der Waals surface area contributed by atoms with E-state index in [-0.39, 0.29) is 5.91 Å². The van der Waals surface area contributed by atoms with Crippen LogP contribution in [0.3, 0.4) is 0 Å². The van der Waals surface area contributed by atoms with E-state index < -0.39 is 0 Å². The molecule has 0 radical (unpaired) electrons. The smallest absolute Gasteiger partial charge is 0.244 e. The normalized spacial score (nSPS) is 15.2. The van der Waals surface area contributed by atoms with Gasteiger partial charge in [-0.1, -0.05) is 30.3 Å². The van der Waals surface area contributed by atoms with E-state index in [1.807, 2.05) is 30.2 Å². The molecule has 27 heavy (non-hydrogen) atoms. The summed E-state index contributed by atoms with van der Waals surface area (Å²) in [4.78, 5) is 19.1. The van der Waals surface area contributed by atoms with Crippen LogP contribution in [0.2, 0.25) is 0 Å². The second-order valence-corrected chi connectivity index (χ2v) is 7.18. The van der Waals surface area contributed by atoms with Gasteiger partial charge < -0.3 is 9.47 Å². The third-order valence-electron chi connectivity index (χ3n) is 5.37. The molecule has 140 valence electrons. The minimum atomic E-state index is 0.146. The van der Waals surface area contributed by atoms with Gasteiger partial charge in [0.15, 0.2) is 0 Å². The van der Waals surface area contributed by atoms with E-state index >= 15 is 0 Å². The number of hydrogen-bond acceptors (Lipinski definition) is 3. The summed E-state index contributed by atoms with van der Waals surface area (Å²) in [6, 6.07) is 12.4. The molecule has 0 unspecified atom stereocenters. The van der Waals surface area contributed by atoms with Crippen molar-refractivity contribution < 1.29 is 4.79 Å². The summed E-state index contributed by atoms with van der Waals surface area (Å²) in [6.07, 6.45) is 7.59. The monoisotopic (exact) mass is 363 g/mol. The van der Waals surface area contributed by atoms with Crippen molar-refractivity contribution in [2.45, 2.75) is 38.8 Å². The molecular formula is C21H25N5O. The Morgan fingerprint density at radius 1 is 1.11 bits per heavy atom. The number of likely N-dealkylation sites (tertiary alicyclic amines) is 1. The number of hydrogen-bond donors (Lipinski definition) is 0. The molecule has 0 spiro atoms. The maximum atomic E-state index is 12.6. The van der Waals surface area contributed by atoms with Gasteiger partial charge >= 0.3 is 0 Å².